The van der Waals surface area contributed by atoms with E-state index in [1.165, 1.54) is 24.0 Å². The summed E-state index contributed by atoms with van der Waals surface area (Å²) in [5.74, 6) is -0.0488. The summed E-state index contributed by atoms with van der Waals surface area (Å²) in [6, 6.07) is 5.59. The summed E-state index contributed by atoms with van der Waals surface area (Å²) in [7, 11) is -3.88. The van der Waals surface area contributed by atoms with Crippen LogP contribution in [-0.2, 0) is 14.8 Å². The number of carbonyl (C=O) groups is 2. The zero-order valence-corrected chi connectivity index (χ0v) is 13.4. The van der Waals surface area contributed by atoms with Crippen molar-refractivity contribution in [2.24, 2.45) is 0 Å². The molecular formula is C14H19N3O4S. The van der Waals surface area contributed by atoms with Gasteiger partial charge in [-0.25, -0.2) is 17.9 Å². The molecule has 120 valence electrons. The summed E-state index contributed by atoms with van der Waals surface area (Å²) in [5, 5.41) is 0. The molecule has 1 aliphatic rings. The van der Waals surface area contributed by atoms with Crippen molar-refractivity contribution in [3.63, 3.8) is 0 Å². The smallest absolute Gasteiger partial charge is 0.331 e. The lowest BCUT2D eigenvalue weighted by molar-refractivity contribution is -0.130. The summed E-state index contributed by atoms with van der Waals surface area (Å²) in [6.45, 7) is 4.77. The molecule has 0 saturated carbocycles. The molecule has 0 spiro atoms. The first-order chi connectivity index (χ1) is 10.3. The molecule has 0 aliphatic carbocycles. The van der Waals surface area contributed by atoms with Crippen LogP contribution in [0.15, 0.2) is 29.2 Å². The molecule has 0 unspecified atom stereocenters. The van der Waals surface area contributed by atoms with Gasteiger partial charge < -0.3 is 9.80 Å². The van der Waals surface area contributed by atoms with Crippen LogP contribution in [0.25, 0.3) is 0 Å². The van der Waals surface area contributed by atoms with E-state index < -0.39 is 16.1 Å². The summed E-state index contributed by atoms with van der Waals surface area (Å²) in [6.07, 6.45) is 0. The Morgan fingerprint density at radius 3 is 2.00 bits per heavy atom. The number of amides is 3. The maximum Gasteiger partial charge on any atom is 0.331 e. The van der Waals surface area contributed by atoms with Crippen LogP contribution < -0.4 is 4.72 Å². The van der Waals surface area contributed by atoms with E-state index in [4.69, 9.17) is 0 Å². The molecule has 1 aromatic rings. The highest BCUT2D eigenvalue weighted by Crippen LogP contribution is 2.11. The molecule has 0 aromatic heterocycles. The Bertz CT molecular complexity index is 662. The van der Waals surface area contributed by atoms with Gasteiger partial charge in [0.2, 0.25) is 5.91 Å². The fourth-order valence-corrected chi connectivity index (χ4v) is 3.15. The third-order valence-electron chi connectivity index (χ3n) is 3.57. The van der Waals surface area contributed by atoms with Crippen LogP contribution in [0, 0.1) is 6.92 Å². The number of hydrogen-bond acceptors (Lipinski definition) is 4. The van der Waals surface area contributed by atoms with Crippen LogP contribution in [0.2, 0.25) is 0 Å². The molecule has 3 amide bonds. The van der Waals surface area contributed by atoms with Crippen molar-refractivity contribution in [1.82, 2.24) is 14.5 Å². The number of benzene rings is 1. The zero-order valence-electron chi connectivity index (χ0n) is 12.6. The van der Waals surface area contributed by atoms with Gasteiger partial charge in [0.1, 0.15) is 0 Å². The van der Waals surface area contributed by atoms with Gasteiger partial charge in [-0.15, -0.1) is 0 Å². The molecule has 8 heteroatoms. The fourth-order valence-electron chi connectivity index (χ4n) is 2.18. The van der Waals surface area contributed by atoms with Gasteiger partial charge in [-0.05, 0) is 19.1 Å². The monoisotopic (exact) mass is 325 g/mol. The molecule has 1 N–H and O–H groups in total. The predicted octanol–water partition coefficient (Wildman–Crippen LogP) is 0.557. The number of nitrogens with zero attached hydrogens (tertiary/aromatic N) is 2. The minimum Gasteiger partial charge on any atom is -0.339 e. The molecular weight excluding hydrogens is 306 g/mol. The lowest BCUT2D eigenvalue weighted by atomic mass is 10.2. The number of nitrogens with one attached hydrogen (secondary N) is 1. The van der Waals surface area contributed by atoms with Crippen LogP contribution in [0.5, 0.6) is 0 Å². The van der Waals surface area contributed by atoms with E-state index in [1.54, 1.807) is 17.0 Å². The standard InChI is InChI=1S/C14H19N3O4S/c1-11-3-5-13(6-4-11)22(20,21)15-14(19)17-9-7-16(8-10-17)12(2)18/h3-6H,7-10H2,1-2H3,(H,15,19). The Kier molecular flexibility index (Phi) is 4.70. The number of piperazine rings is 1. The van der Waals surface area contributed by atoms with Gasteiger partial charge in [-0.1, -0.05) is 17.7 Å². The number of carbonyl (C=O) groups excluding carboxylic acids is 2. The number of urea groups is 1. The van der Waals surface area contributed by atoms with Crippen LogP contribution >= 0.6 is 0 Å². The van der Waals surface area contributed by atoms with Crippen LogP contribution in [0.3, 0.4) is 0 Å². The average molecular weight is 325 g/mol. The summed E-state index contributed by atoms with van der Waals surface area (Å²) in [5.41, 5.74) is 0.936. The quantitative estimate of drug-likeness (QED) is 0.860. The second kappa shape index (κ2) is 6.35. The van der Waals surface area contributed by atoms with Crippen molar-refractivity contribution >= 4 is 22.0 Å². The van der Waals surface area contributed by atoms with E-state index in [2.05, 4.69) is 4.72 Å². The molecule has 7 nitrogen and oxygen atoms in total. The molecule has 0 atom stereocenters. The maximum absolute atomic E-state index is 12.1. The Balaban J connectivity index is 2.00. The Morgan fingerprint density at radius 2 is 1.50 bits per heavy atom. The van der Waals surface area contributed by atoms with Gasteiger partial charge in [0.05, 0.1) is 4.90 Å². The summed E-state index contributed by atoms with van der Waals surface area (Å²) in [4.78, 5) is 26.4. The van der Waals surface area contributed by atoms with Crippen LogP contribution in [0.4, 0.5) is 4.79 Å². The van der Waals surface area contributed by atoms with Gasteiger partial charge in [-0.2, -0.15) is 0 Å². The highest BCUT2D eigenvalue weighted by Gasteiger charge is 2.26. The Labute approximate surface area is 129 Å². The lowest BCUT2D eigenvalue weighted by Crippen LogP contribution is -2.53. The van der Waals surface area contributed by atoms with Crippen molar-refractivity contribution in [2.75, 3.05) is 26.2 Å². The third-order valence-corrected chi connectivity index (χ3v) is 4.90. The van der Waals surface area contributed by atoms with Crippen LogP contribution in [-0.4, -0.2) is 56.3 Å². The van der Waals surface area contributed by atoms with Crippen molar-refractivity contribution in [1.29, 1.82) is 0 Å². The van der Waals surface area contributed by atoms with E-state index in [1.807, 2.05) is 6.92 Å². The molecule has 0 radical (unpaired) electrons. The van der Waals surface area contributed by atoms with Crippen molar-refractivity contribution in [3.05, 3.63) is 29.8 Å². The normalized spacial score (nSPS) is 15.5. The molecule has 22 heavy (non-hydrogen) atoms. The number of sulfonamides is 1. The van der Waals surface area contributed by atoms with Crippen molar-refractivity contribution < 1.29 is 18.0 Å². The van der Waals surface area contributed by atoms with E-state index in [-0.39, 0.29) is 10.8 Å². The highest BCUT2D eigenvalue weighted by molar-refractivity contribution is 7.90. The number of rotatable bonds is 2. The Morgan fingerprint density at radius 1 is 1.00 bits per heavy atom. The van der Waals surface area contributed by atoms with Gasteiger partial charge in [-0.3, -0.25) is 4.79 Å². The summed E-state index contributed by atoms with van der Waals surface area (Å²) < 4.78 is 26.4. The minimum absolute atomic E-state index is 0.0488. The SMILES string of the molecule is CC(=O)N1CCN(C(=O)NS(=O)(=O)c2ccc(C)cc2)CC1. The molecule has 2 rings (SSSR count). The zero-order chi connectivity index (χ0) is 16.3. The van der Waals surface area contributed by atoms with Gasteiger partial charge in [0.15, 0.2) is 0 Å². The van der Waals surface area contributed by atoms with E-state index in [0.717, 1.165) is 5.56 Å². The highest BCUT2D eigenvalue weighted by atomic mass is 32.2. The molecule has 1 fully saturated rings. The first-order valence-electron chi connectivity index (χ1n) is 6.93. The second-order valence-corrected chi connectivity index (χ2v) is 6.90. The van der Waals surface area contributed by atoms with E-state index >= 15 is 0 Å². The first-order valence-corrected chi connectivity index (χ1v) is 8.42. The fraction of sp³-hybridized carbons (Fsp3) is 0.429. The Hall–Kier alpha value is -2.09. The van der Waals surface area contributed by atoms with Crippen molar-refractivity contribution in [2.45, 2.75) is 18.7 Å². The number of hydrogen-bond donors (Lipinski definition) is 1. The first kappa shape index (κ1) is 16.3. The minimum atomic E-state index is -3.88. The maximum atomic E-state index is 12.1. The lowest BCUT2D eigenvalue weighted by Gasteiger charge is -2.33. The van der Waals surface area contributed by atoms with Gasteiger partial charge in [0, 0.05) is 33.1 Å². The van der Waals surface area contributed by atoms with Gasteiger partial charge in [0.25, 0.3) is 10.0 Å². The van der Waals surface area contributed by atoms with E-state index in [9.17, 15) is 18.0 Å². The largest absolute Gasteiger partial charge is 0.339 e. The third kappa shape index (κ3) is 3.76. The molecule has 1 saturated heterocycles. The molecule has 1 aromatic carbocycles. The number of aryl methyl sites for hydroxylation is 1. The second-order valence-electron chi connectivity index (χ2n) is 5.22. The summed E-state index contributed by atoms with van der Waals surface area (Å²) >= 11 is 0. The molecule has 0 bridgehead atoms. The van der Waals surface area contributed by atoms with E-state index in [0.29, 0.717) is 26.2 Å². The topological polar surface area (TPSA) is 86.8 Å². The predicted molar refractivity (Wildman–Crippen MR) is 80.7 cm³/mol. The molecule has 1 aliphatic heterocycles. The average Bonchev–Trinajstić information content (AvgIpc) is 2.47. The van der Waals surface area contributed by atoms with Crippen molar-refractivity contribution in [3.8, 4) is 0 Å². The van der Waals surface area contributed by atoms with Crippen LogP contribution in [0.1, 0.15) is 12.5 Å². The molecule has 1 heterocycles. The van der Waals surface area contributed by atoms with Gasteiger partial charge >= 0.3 is 6.03 Å².